The second-order valence-corrected chi connectivity index (χ2v) is 2.40. The first kappa shape index (κ1) is 7.13. The van der Waals surface area contributed by atoms with Crippen LogP contribution < -0.4 is 5.14 Å². The first-order chi connectivity index (χ1) is 3.31. The van der Waals surface area contributed by atoms with Crippen molar-refractivity contribution in [3.05, 3.63) is 0 Å². The van der Waals surface area contributed by atoms with Crippen molar-refractivity contribution < 1.29 is 9.53 Å². The Labute approximate surface area is 49.5 Å². The van der Waals surface area contributed by atoms with Crippen molar-refractivity contribution in [2.45, 2.75) is 0 Å². The number of nitrogens with two attached hydrogens (primary N) is 1. The van der Waals surface area contributed by atoms with Crippen LogP contribution in [0.25, 0.3) is 0 Å². The molecule has 42 valence electrons. The minimum atomic E-state index is -0.368. The zero-order chi connectivity index (χ0) is 5.70. The van der Waals surface area contributed by atoms with Gasteiger partial charge in [0.25, 0.3) is 0 Å². The molecular formula is C2H5NO2S2. The Morgan fingerprint density at radius 3 is 2.57 bits per heavy atom. The monoisotopic (exact) mass is 139 g/mol. The van der Waals surface area contributed by atoms with Crippen molar-refractivity contribution in [3.63, 3.8) is 0 Å². The predicted octanol–water partition coefficient (Wildman–Crippen LogP) is 1.01. The van der Waals surface area contributed by atoms with Crippen molar-refractivity contribution in [2.75, 3.05) is 7.11 Å². The molecule has 0 unspecified atom stereocenters. The van der Waals surface area contributed by atoms with E-state index in [9.17, 15) is 4.79 Å². The maximum absolute atomic E-state index is 10.1. The van der Waals surface area contributed by atoms with Gasteiger partial charge in [0.1, 0.15) is 0 Å². The summed E-state index contributed by atoms with van der Waals surface area (Å²) in [5, 5.41) is 4.52. The van der Waals surface area contributed by atoms with Gasteiger partial charge in [-0.1, -0.05) is 0 Å². The van der Waals surface area contributed by atoms with Crippen LogP contribution in [-0.2, 0) is 4.74 Å². The molecule has 0 aliphatic rings. The van der Waals surface area contributed by atoms with Gasteiger partial charge in [-0.25, -0.2) is 4.79 Å². The zero-order valence-corrected chi connectivity index (χ0v) is 5.34. The van der Waals surface area contributed by atoms with E-state index in [1.165, 1.54) is 7.11 Å². The van der Waals surface area contributed by atoms with E-state index in [1.54, 1.807) is 0 Å². The number of methoxy groups -OCH3 is 1. The molecule has 0 aromatic heterocycles. The summed E-state index contributed by atoms with van der Waals surface area (Å²) < 4.78 is 4.21. The molecule has 0 spiro atoms. The van der Waals surface area contributed by atoms with Crippen LogP contribution in [0.4, 0.5) is 4.79 Å². The van der Waals surface area contributed by atoms with Gasteiger partial charge in [-0.2, -0.15) is 0 Å². The molecule has 0 amide bonds. The van der Waals surface area contributed by atoms with E-state index >= 15 is 0 Å². The van der Waals surface area contributed by atoms with Gasteiger partial charge in [0.2, 0.25) is 0 Å². The Hall–Kier alpha value is 0.130. The molecule has 0 radical (unpaired) electrons. The number of carbonyl (C=O) groups excluding carboxylic acids is 1. The van der Waals surface area contributed by atoms with Crippen molar-refractivity contribution in [1.82, 2.24) is 0 Å². The molecule has 0 saturated heterocycles. The first-order valence-electron chi connectivity index (χ1n) is 1.42. The maximum Gasteiger partial charge on any atom is 0.379 e. The van der Waals surface area contributed by atoms with Gasteiger partial charge in [-0.3, -0.25) is 5.14 Å². The summed E-state index contributed by atoms with van der Waals surface area (Å²) in [5.74, 6) is 0. The third-order valence-corrected chi connectivity index (χ3v) is 1.38. The smallest absolute Gasteiger partial charge is 0.379 e. The normalized spacial score (nSPS) is 8.29. The van der Waals surface area contributed by atoms with Crippen LogP contribution in [0.1, 0.15) is 0 Å². The van der Waals surface area contributed by atoms with Crippen LogP contribution in [-0.4, -0.2) is 12.4 Å². The molecule has 0 bridgehead atoms. The van der Waals surface area contributed by atoms with Gasteiger partial charge in [0.15, 0.2) is 0 Å². The maximum atomic E-state index is 10.1. The summed E-state index contributed by atoms with van der Waals surface area (Å²) >= 11 is 0. The van der Waals surface area contributed by atoms with Crippen LogP contribution in [0.2, 0.25) is 0 Å². The van der Waals surface area contributed by atoms with E-state index in [0.29, 0.717) is 0 Å². The SMILES string of the molecule is COC(=O)SSN. The van der Waals surface area contributed by atoms with Gasteiger partial charge in [0.05, 0.1) is 7.11 Å². The van der Waals surface area contributed by atoms with E-state index in [4.69, 9.17) is 5.14 Å². The lowest BCUT2D eigenvalue weighted by atomic mass is 11.5. The van der Waals surface area contributed by atoms with E-state index < -0.39 is 0 Å². The second-order valence-electron chi connectivity index (χ2n) is 0.634. The molecule has 0 atom stereocenters. The fraction of sp³-hybridized carbons (Fsp3) is 0.500. The van der Waals surface area contributed by atoms with Gasteiger partial charge in [-0.05, 0) is 11.0 Å². The van der Waals surface area contributed by atoms with Gasteiger partial charge >= 0.3 is 5.30 Å². The number of carbonyl (C=O) groups is 1. The summed E-state index contributed by atoms with van der Waals surface area (Å²) in [6, 6.07) is 0. The minimum Gasteiger partial charge on any atom is -0.460 e. The average molecular weight is 139 g/mol. The fourth-order valence-corrected chi connectivity index (χ4v) is 0.660. The molecule has 7 heavy (non-hydrogen) atoms. The lowest BCUT2D eigenvalue weighted by Crippen LogP contribution is -1.88. The van der Waals surface area contributed by atoms with Gasteiger partial charge in [-0.15, -0.1) is 0 Å². The van der Waals surface area contributed by atoms with Gasteiger partial charge in [0, 0.05) is 10.8 Å². The van der Waals surface area contributed by atoms with Crippen LogP contribution in [0.15, 0.2) is 0 Å². The molecule has 0 aliphatic heterocycles. The third-order valence-electron chi connectivity index (χ3n) is 0.283. The van der Waals surface area contributed by atoms with Crippen LogP contribution in [0.5, 0.6) is 0 Å². The number of rotatable bonds is 1. The molecule has 2 N–H and O–H groups in total. The topological polar surface area (TPSA) is 52.3 Å². The van der Waals surface area contributed by atoms with E-state index in [0.717, 1.165) is 21.8 Å². The summed E-state index contributed by atoms with van der Waals surface area (Å²) in [4.78, 5) is 10.1. The summed E-state index contributed by atoms with van der Waals surface area (Å²) in [6.45, 7) is 0. The van der Waals surface area contributed by atoms with E-state index in [2.05, 4.69) is 4.74 Å². The largest absolute Gasteiger partial charge is 0.460 e. The molecule has 0 fully saturated rings. The average Bonchev–Trinajstić information content (AvgIpc) is 1.68. The van der Waals surface area contributed by atoms with E-state index in [-0.39, 0.29) is 5.30 Å². The van der Waals surface area contributed by atoms with Crippen molar-refractivity contribution in [3.8, 4) is 0 Å². The van der Waals surface area contributed by atoms with Crippen molar-refractivity contribution >= 4 is 27.1 Å². The highest BCUT2D eigenvalue weighted by Gasteiger charge is 1.95. The molecule has 0 aliphatic carbocycles. The Bertz CT molecular complexity index is 66.7. The molecule has 0 aromatic carbocycles. The highest BCUT2D eigenvalue weighted by Crippen LogP contribution is 2.14. The predicted molar refractivity (Wildman–Crippen MR) is 31.8 cm³/mol. The number of hydrogen-bond donors (Lipinski definition) is 1. The highest BCUT2D eigenvalue weighted by molar-refractivity contribution is 8.81. The molecule has 5 heteroatoms. The Balaban J connectivity index is 3.00. The Morgan fingerprint density at radius 1 is 1.86 bits per heavy atom. The third kappa shape index (κ3) is 3.97. The van der Waals surface area contributed by atoms with E-state index in [1.807, 2.05) is 0 Å². The lowest BCUT2D eigenvalue weighted by Gasteiger charge is -1.89. The summed E-state index contributed by atoms with van der Waals surface area (Å²) in [6.07, 6.45) is 0. The number of hydrogen-bond acceptors (Lipinski definition) is 5. The molecule has 0 rings (SSSR count). The quantitative estimate of drug-likeness (QED) is 0.334. The van der Waals surface area contributed by atoms with Crippen LogP contribution in [0, 0.1) is 0 Å². The van der Waals surface area contributed by atoms with Crippen molar-refractivity contribution in [1.29, 1.82) is 0 Å². The summed E-state index contributed by atoms with van der Waals surface area (Å²) in [5.41, 5.74) is 0. The van der Waals surface area contributed by atoms with Crippen LogP contribution in [0.3, 0.4) is 0 Å². The lowest BCUT2D eigenvalue weighted by molar-refractivity contribution is 0.200. The Kier molecular flexibility index (Phi) is 4.37. The second kappa shape index (κ2) is 4.29. The first-order valence-corrected chi connectivity index (χ1v) is 3.64. The standard InChI is InChI=1S/C2H5NO2S2/c1-5-2(4)6-7-3/h3H2,1H3. The van der Waals surface area contributed by atoms with Gasteiger partial charge < -0.3 is 4.74 Å². The fourth-order valence-electron chi connectivity index (χ4n) is 0.0733. The number of ether oxygens (including phenoxy) is 1. The molecule has 0 aromatic rings. The molecule has 3 nitrogen and oxygen atoms in total. The Morgan fingerprint density at radius 2 is 2.43 bits per heavy atom. The zero-order valence-electron chi connectivity index (χ0n) is 3.71. The van der Waals surface area contributed by atoms with Crippen LogP contribution >= 0.6 is 21.8 Å². The molecular weight excluding hydrogens is 134 g/mol. The summed E-state index contributed by atoms with van der Waals surface area (Å²) in [7, 11) is 3.05. The highest BCUT2D eigenvalue weighted by atomic mass is 33.1. The molecule has 0 heterocycles. The van der Waals surface area contributed by atoms with Crippen molar-refractivity contribution in [2.24, 2.45) is 5.14 Å². The minimum absolute atomic E-state index is 0.368. The molecule has 0 saturated carbocycles.